The van der Waals surface area contributed by atoms with E-state index in [2.05, 4.69) is 17.4 Å². The summed E-state index contributed by atoms with van der Waals surface area (Å²) in [6, 6.07) is 13.0. The molecule has 0 saturated carbocycles. The Morgan fingerprint density at radius 2 is 2.12 bits per heavy atom. The lowest BCUT2D eigenvalue weighted by molar-refractivity contribution is -0.385. The van der Waals surface area contributed by atoms with E-state index in [1.165, 1.54) is 29.0 Å². The van der Waals surface area contributed by atoms with Gasteiger partial charge in [0.25, 0.3) is 11.6 Å². The van der Waals surface area contributed by atoms with Gasteiger partial charge in [-0.3, -0.25) is 14.9 Å². The summed E-state index contributed by atoms with van der Waals surface area (Å²) in [5, 5.41) is 14.1. The lowest BCUT2D eigenvalue weighted by atomic mass is 9.83. The summed E-state index contributed by atoms with van der Waals surface area (Å²) in [6.45, 7) is 0.497. The van der Waals surface area contributed by atoms with Crippen LogP contribution in [0.1, 0.15) is 40.2 Å². The summed E-state index contributed by atoms with van der Waals surface area (Å²) in [6.07, 6.45) is 5.06. The Balaban J connectivity index is 1.77. The number of hydrogen-bond acceptors (Lipinski definition) is 4. The van der Waals surface area contributed by atoms with Crippen molar-refractivity contribution in [2.75, 3.05) is 12.8 Å². The number of carbonyl (C=O) groups is 1. The molecule has 0 bridgehead atoms. The predicted molar refractivity (Wildman–Crippen MR) is 99.3 cm³/mol. The molecule has 3 rings (SSSR count). The van der Waals surface area contributed by atoms with Crippen LogP contribution in [0.4, 0.5) is 5.69 Å². The summed E-state index contributed by atoms with van der Waals surface area (Å²) in [5.41, 5.74) is 2.59. The number of hydrogen-bond donors (Lipinski definition) is 1. The summed E-state index contributed by atoms with van der Waals surface area (Å²) < 4.78 is 0. The molecule has 1 amide bonds. The van der Waals surface area contributed by atoms with Crippen molar-refractivity contribution in [1.29, 1.82) is 0 Å². The number of fused-ring (bicyclic) bond motifs is 1. The fourth-order valence-electron chi connectivity index (χ4n) is 3.36. The van der Waals surface area contributed by atoms with Gasteiger partial charge < -0.3 is 5.32 Å². The van der Waals surface area contributed by atoms with E-state index in [1.807, 2.05) is 18.4 Å². The largest absolute Gasteiger partial charge is 0.351 e. The van der Waals surface area contributed by atoms with E-state index >= 15 is 0 Å². The molecule has 0 aliphatic heterocycles. The van der Waals surface area contributed by atoms with Crippen molar-refractivity contribution < 1.29 is 9.72 Å². The number of carbonyl (C=O) groups excluding carboxylic acids is 1. The zero-order chi connectivity index (χ0) is 17.8. The van der Waals surface area contributed by atoms with Gasteiger partial charge in [0.2, 0.25) is 0 Å². The van der Waals surface area contributed by atoms with Gasteiger partial charge in [0, 0.05) is 23.4 Å². The Bertz CT molecular complexity index is 807. The van der Waals surface area contributed by atoms with Gasteiger partial charge in [-0.15, -0.1) is 11.8 Å². The molecule has 6 heteroatoms. The van der Waals surface area contributed by atoms with E-state index in [9.17, 15) is 14.9 Å². The lowest BCUT2D eigenvalue weighted by Gasteiger charge is -2.25. The fraction of sp³-hybridized carbons (Fsp3) is 0.316. The number of amides is 1. The molecular weight excluding hydrogens is 336 g/mol. The molecule has 2 aromatic rings. The molecule has 5 nitrogen and oxygen atoms in total. The zero-order valence-electron chi connectivity index (χ0n) is 14.0. The molecule has 2 aromatic carbocycles. The Kier molecular flexibility index (Phi) is 5.38. The first kappa shape index (κ1) is 17.5. The third kappa shape index (κ3) is 3.85. The number of nitro benzene ring substituents is 1. The number of nitro groups is 1. The van der Waals surface area contributed by atoms with Crippen LogP contribution in [0.5, 0.6) is 0 Å². The first-order valence-electron chi connectivity index (χ1n) is 8.28. The van der Waals surface area contributed by atoms with Crippen LogP contribution in [0.3, 0.4) is 0 Å². The molecule has 1 aliphatic carbocycles. The standard InChI is InChI=1S/C19H20N2O3S/c1-25-15-9-10-18(21(23)24)17(11-15)19(22)20-12-14-7-4-6-13-5-2-3-8-16(13)14/h2-3,5,8-11,14H,4,6-7,12H2,1H3,(H,20,22). The van der Waals surface area contributed by atoms with Gasteiger partial charge in [0.05, 0.1) is 4.92 Å². The number of benzene rings is 2. The minimum absolute atomic E-state index is 0.126. The van der Waals surface area contributed by atoms with E-state index in [4.69, 9.17) is 0 Å². The molecule has 0 saturated heterocycles. The van der Waals surface area contributed by atoms with Gasteiger partial charge in [0.15, 0.2) is 0 Å². The van der Waals surface area contributed by atoms with Crippen molar-refractivity contribution in [1.82, 2.24) is 5.32 Å². The molecule has 130 valence electrons. The summed E-state index contributed by atoms with van der Waals surface area (Å²) in [5.74, 6) is -0.123. The van der Waals surface area contributed by atoms with Crippen LogP contribution >= 0.6 is 11.8 Å². The minimum atomic E-state index is -0.505. The lowest BCUT2D eigenvalue weighted by Crippen LogP contribution is -2.30. The van der Waals surface area contributed by atoms with Crippen LogP contribution < -0.4 is 5.32 Å². The van der Waals surface area contributed by atoms with Crippen LogP contribution in [0.2, 0.25) is 0 Å². The summed E-state index contributed by atoms with van der Waals surface area (Å²) in [7, 11) is 0. The van der Waals surface area contributed by atoms with Crippen LogP contribution in [0, 0.1) is 10.1 Å². The van der Waals surface area contributed by atoms with E-state index < -0.39 is 4.92 Å². The fourth-order valence-corrected chi connectivity index (χ4v) is 3.80. The highest BCUT2D eigenvalue weighted by molar-refractivity contribution is 7.98. The smallest absolute Gasteiger partial charge is 0.282 e. The second-order valence-corrected chi connectivity index (χ2v) is 7.02. The third-order valence-corrected chi connectivity index (χ3v) is 5.37. The van der Waals surface area contributed by atoms with E-state index in [-0.39, 0.29) is 23.1 Å². The van der Waals surface area contributed by atoms with Gasteiger partial charge in [-0.1, -0.05) is 24.3 Å². The molecule has 0 spiro atoms. The topological polar surface area (TPSA) is 72.2 Å². The average Bonchev–Trinajstić information content (AvgIpc) is 2.65. The van der Waals surface area contributed by atoms with Gasteiger partial charge in [-0.05, 0) is 48.8 Å². The molecule has 0 fully saturated rings. The number of aryl methyl sites for hydroxylation is 1. The van der Waals surface area contributed by atoms with Crippen molar-refractivity contribution >= 4 is 23.4 Å². The van der Waals surface area contributed by atoms with Gasteiger partial charge in [-0.25, -0.2) is 0 Å². The molecule has 1 atom stereocenters. The highest BCUT2D eigenvalue weighted by atomic mass is 32.2. The molecule has 25 heavy (non-hydrogen) atoms. The van der Waals surface area contributed by atoms with Crippen LogP contribution in [-0.4, -0.2) is 23.6 Å². The van der Waals surface area contributed by atoms with E-state index in [0.29, 0.717) is 6.54 Å². The van der Waals surface area contributed by atoms with Crippen molar-refractivity contribution in [3.05, 3.63) is 69.3 Å². The highest BCUT2D eigenvalue weighted by Gasteiger charge is 2.24. The quantitative estimate of drug-likeness (QED) is 0.496. The SMILES string of the molecule is CSc1ccc([N+](=O)[O-])c(C(=O)NCC2CCCc3ccccc32)c1. The summed E-state index contributed by atoms with van der Waals surface area (Å²) >= 11 is 1.46. The molecule has 1 N–H and O–H groups in total. The van der Waals surface area contributed by atoms with Gasteiger partial charge in [0.1, 0.15) is 5.56 Å². The summed E-state index contributed by atoms with van der Waals surface area (Å²) in [4.78, 5) is 24.1. The number of nitrogens with one attached hydrogen (secondary N) is 1. The predicted octanol–water partition coefficient (Wildman–Crippen LogP) is 4.17. The number of rotatable bonds is 5. The maximum absolute atomic E-state index is 12.6. The highest BCUT2D eigenvalue weighted by Crippen LogP contribution is 2.31. The Hall–Kier alpha value is -2.34. The van der Waals surface area contributed by atoms with E-state index in [1.54, 1.807) is 12.1 Å². The van der Waals surface area contributed by atoms with Gasteiger partial charge >= 0.3 is 0 Å². The molecule has 0 aromatic heterocycles. The first-order chi connectivity index (χ1) is 12.1. The van der Waals surface area contributed by atoms with Crippen molar-refractivity contribution in [3.63, 3.8) is 0 Å². The Morgan fingerprint density at radius 3 is 2.88 bits per heavy atom. The molecule has 1 unspecified atom stereocenters. The second-order valence-electron chi connectivity index (χ2n) is 6.14. The van der Waals surface area contributed by atoms with Crippen molar-refractivity contribution in [2.24, 2.45) is 0 Å². The minimum Gasteiger partial charge on any atom is -0.351 e. The van der Waals surface area contributed by atoms with Crippen LogP contribution in [0.15, 0.2) is 47.4 Å². The number of nitrogens with zero attached hydrogens (tertiary/aromatic N) is 1. The third-order valence-electron chi connectivity index (χ3n) is 4.65. The average molecular weight is 356 g/mol. The van der Waals surface area contributed by atoms with Crippen molar-refractivity contribution in [3.8, 4) is 0 Å². The molecule has 0 heterocycles. The molecular formula is C19H20N2O3S. The monoisotopic (exact) mass is 356 g/mol. The van der Waals surface area contributed by atoms with E-state index in [0.717, 1.165) is 24.2 Å². The van der Waals surface area contributed by atoms with Crippen LogP contribution in [0.25, 0.3) is 0 Å². The van der Waals surface area contributed by atoms with Crippen molar-refractivity contribution in [2.45, 2.75) is 30.1 Å². The van der Waals surface area contributed by atoms with Gasteiger partial charge in [-0.2, -0.15) is 0 Å². The number of thioether (sulfide) groups is 1. The first-order valence-corrected chi connectivity index (χ1v) is 9.51. The Morgan fingerprint density at radius 1 is 1.32 bits per heavy atom. The normalized spacial score (nSPS) is 16.1. The maximum atomic E-state index is 12.6. The zero-order valence-corrected chi connectivity index (χ0v) is 14.8. The molecule has 0 radical (unpaired) electrons. The maximum Gasteiger partial charge on any atom is 0.282 e. The molecule has 1 aliphatic rings. The second kappa shape index (κ2) is 7.70. The van der Waals surface area contributed by atoms with Crippen LogP contribution in [-0.2, 0) is 6.42 Å². The Labute approximate surface area is 151 Å².